The quantitative estimate of drug-likeness (QED) is 0.171. The summed E-state index contributed by atoms with van der Waals surface area (Å²) in [6.45, 7) is -0.797. The van der Waals surface area contributed by atoms with E-state index in [1.54, 1.807) is 18.2 Å². The smallest absolute Gasteiger partial charge is 0.338 e. The average molecular weight is 518 g/mol. The highest BCUT2D eigenvalue weighted by Gasteiger charge is 2.56. The number of carbonyl (C=O) groups is 2. The Labute approximate surface area is 210 Å². The summed E-state index contributed by atoms with van der Waals surface area (Å²) in [6.07, 6.45) is -3.64. The fraction of sp³-hybridized carbons (Fsp3) is 0.440. The topological polar surface area (TPSA) is 181 Å². The molecule has 1 aromatic carbocycles. The van der Waals surface area contributed by atoms with Gasteiger partial charge in [0, 0.05) is 12.0 Å². The number of phenolic OH excluding ortho intramolecular Hbond substituents is 1. The zero-order valence-electron chi connectivity index (χ0n) is 19.3. The number of benzene rings is 1. The Hall–Kier alpha value is -3.26. The van der Waals surface area contributed by atoms with Crippen molar-refractivity contribution in [2.24, 2.45) is 11.8 Å². The number of aliphatic hydroxyl groups is 4. The van der Waals surface area contributed by atoms with Gasteiger partial charge in [-0.15, -0.1) is 0 Å². The van der Waals surface area contributed by atoms with Gasteiger partial charge in [0.2, 0.25) is 6.29 Å². The van der Waals surface area contributed by atoms with E-state index in [2.05, 4.69) is 0 Å². The van der Waals surface area contributed by atoms with E-state index in [-0.39, 0.29) is 17.9 Å². The van der Waals surface area contributed by atoms with Crippen LogP contribution in [0.3, 0.4) is 0 Å². The molecule has 2 saturated heterocycles. The SMILES string of the molecule is O=C(/C=C/c1ccc(O)cc1)OCC1=CC2OC(=O)C3=COC(OC4OC(CO)C(O)C(O)C4O)C1C32. The molecule has 0 saturated carbocycles. The number of aromatic hydroxyl groups is 1. The summed E-state index contributed by atoms with van der Waals surface area (Å²) in [7, 11) is 0. The highest BCUT2D eigenvalue weighted by atomic mass is 16.8. The Morgan fingerprint density at radius 3 is 2.51 bits per heavy atom. The molecule has 9 atom stereocenters. The van der Waals surface area contributed by atoms with Crippen LogP contribution in [0.15, 0.2) is 53.8 Å². The van der Waals surface area contributed by atoms with Crippen molar-refractivity contribution in [1.82, 2.24) is 0 Å². The van der Waals surface area contributed by atoms with Crippen LogP contribution in [0.25, 0.3) is 6.08 Å². The van der Waals surface area contributed by atoms with Crippen molar-refractivity contribution in [3.8, 4) is 5.75 Å². The van der Waals surface area contributed by atoms with Crippen LogP contribution in [0.4, 0.5) is 0 Å². The van der Waals surface area contributed by atoms with Gasteiger partial charge in [0.05, 0.1) is 24.4 Å². The third-order valence-corrected chi connectivity index (χ3v) is 6.81. The summed E-state index contributed by atoms with van der Waals surface area (Å²) < 4.78 is 27.6. The van der Waals surface area contributed by atoms with Crippen LogP contribution >= 0.6 is 0 Å². The van der Waals surface area contributed by atoms with Crippen LogP contribution in [0.5, 0.6) is 5.75 Å². The van der Waals surface area contributed by atoms with Gasteiger partial charge >= 0.3 is 11.9 Å². The molecule has 12 nitrogen and oxygen atoms in total. The number of rotatable bonds is 7. The second-order valence-corrected chi connectivity index (χ2v) is 9.11. The minimum Gasteiger partial charge on any atom is -0.508 e. The number of esters is 2. The molecule has 0 spiro atoms. The first kappa shape index (κ1) is 25.4. The van der Waals surface area contributed by atoms with Gasteiger partial charge in [-0.05, 0) is 35.4 Å². The molecule has 198 valence electrons. The molecule has 5 N–H and O–H groups in total. The van der Waals surface area contributed by atoms with Crippen LogP contribution in [0.2, 0.25) is 0 Å². The molecule has 0 amide bonds. The van der Waals surface area contributed by atoms with E-state index in [1.807, 2.05) is 0 Å². The van der Waals surface area contributed by atoms with Crippen LogP contribution < -0.4 is 0 Å². The van der Waals surface area contributed by atoms with Gasteiger partial charge in [-0.1, -0.05) is 12.1 Å². The minimum atomic E-state index is -1.65. The lowest BCUT2D eigenvalue weighted by Gasteiger charge is -2.42. The second kappa shape index (κ2) is 10.2. The van der Waals surface area contributed by atoms with Crippen molar-refractivity contribution in [3.05, 3.63) is 59.4 Å². The average Bonchev–Trinajstić information content (AvgIpc) is 3.41. The molecule has 9 unspecified atom stereocenters. The van der Waals surface area contributed by atoms with Gasteiger partial charge in [-0.2, -0.15) is 0 Å². The molecule has 0 bridgehead atoms. The van der Waals surface area contributed by atoms with Crippen LogP contribution in [0.1, 0.15) is 5.56 Å². The molecule has 37 heavy (non-hydrogen) atoms. The van der Waals surface area contributed by atoms with E-state index in [9.17, 15) is 35.1 Å². The molecule has 2 fully saturated rings. The third-order valence-electron chi connectivity index (χ3n) is 6.81. The van der Waals surface area contributed by atoms with Gasteiger partial charge in [-0.25, -0.2) is 9.59 Å². The summed E-state index contributed by atoms with van der Waals surface area (Å²) in [5.41, 5.74) is 1.52. The largest absolute Gasteiger partial charge is 0.508 e. The molecule has 12 heteroatoms. The van der Waals surface area contributed by atoms with Crippen molar-refractivity contribution in [1.29, 1.82) is 0 Å². The molecule has 3 heterocycles. The second-order valence-electron chi connectivity index (χ2n) is 9.11. The molecule has 4 aliphatic rings. The van der Waals surface area contributed by atoms with E-state index in [1.165, 1.54) is 30.5 Å². The Morgan fingerprint density at radius 2 is 1.78 bits per heavy atom. The molecular formula is C25H26O12. The summed E-state index contributed by atoms with van der Waals surface area (Å²) in [5, 5.41) is 49.2. The Bertz CT molecular complexity index is 1120. The van der Waals surface area contributed by atoms with Gasteiger partial charge in [0.15, 0.2) is 6.29 Å². The van der Waals surface area contributed by atoms with E-state index < -0.39 is 73.5 Å². The lowest BCUT2D eigenvalue weighted by molar-refractivity contribution is -0.339. The van der Waals surface area contributed by atoms with Crippen LogP contribution in [0, 0.1) is 11.8 Å². The lowest BCUT2D eigenvalue weighted by atomic mass is 9.84. The predicted octanol–water partition coefficient (Wildman–Crippen LogP) is -0.897. The zero-order chi connectivity index (χ0) is 26.3. The van der Waals surface area contributed by atoms with E-state index in [4.69, 9.17) is 23.7 Å². The first-order chi connectivity index (χ1) is 17.8. The highest BCUT2D eigenvalue weighted by Crippen LogP contribution is 2.49. The maximum atomic E-state index is 12.3. The molecular weight excluding hydrogens is 492 g/mol. The van der Waals surface area contributed by atoms with Crippen molar-refractivity contribution >= 4 is 18.0 Å². The van der Waals surface area contributed by atoms with Crippen molar-refractivity contribution in [2.75, 3.05) is 13.2 Å². The predicted molar refractivity (Wildman–Crippen MR) is 121 cm³/mol. The van der Waals surface area contributed by atoms with Crippen molar-refractivity contribution in [2.45, 2.75) is 43.1 Å². The number of ether oxygens (including phenoxy) is 5. The maximum absolute atomic E-state index is 12.3. The fourth-order valence-electron chi connectivity index (χ4n) is 4.89. The highest BCUT2D eigenvalue weighted by molar-refractivity contribution is 5.92. The molecule has 3 aliphatic heterocycles. The first-order valence-electron chi connectivity index (χ1n) is 11.6. The van der Waals surface area contributed by atoms with Gasteiger partial charge < -0.3 is 49.2 Å². The Kier molecular flexibility index (Phi) is 7.03. The van der Waals surface area contributed by atoms with E-state index >= 15 is 0 Å². The number of aliphatic hydroxyl groups excluding tert-OH is 4. The zero-order valence-corrected chi connectivity index (χ0v) is 19.3. The third kappa shape index (κ3) is 4.87. The molecule has 0 radical (unpaired) electrons. The summed E-state index contributed by atoms with van der Waals surface area (Å²) >= 11 is 0. The Balaban J connectivity index is 1.29. The summed E-state index contributed by atoms with van der Waals surface area (Å²) in [6, 6.07) is 6.22. The van der Waals surface area contributed by atoms with E-state index in [0.29, 0.717) is 11.1 Å². The molecule has 5 rings (SSSR count). The van der Waals surface area contributed by atoms with Crippen LogP contribution in [-0.2, 0) is 33.3 Å². The number of phenols is 1. The normalized spacial score (nSPS) is 36.4. The standard InChI is InChI=1S/C25H26O12/c26-8-16-20(29)21(30)22(31)25(36-16)37-24-18-12(7-15-19(18)14(10-34-24)23(32)35-15)9-33-17(28)6-3-11-1-4-13(27)5-2-11/h1-7,10,15-16,18-22,24-27,29-31H,8-9H2/b6-3+. The van der Waals surface area contributed by atoms with Crippen molar-refractivity contribution in [3.63, 3.8) is 0 Å². The Morgan fingerprint density at radius 1 is 1.03 bits per heavy atom. The first-order valence-corrected chi connectivity index (χ1v) is 11.6. The fourth-order valence-corrected chi connectivity index (χ4v) is 4.89. The molecule has 1 aromatic rings. The minimum absolute atomic E-state index is 0.0998. The maximum Gasteiger partial charge on any atom is 0.338 e. The van der Waals surface area contributed by atoms with Crippen molar-refractivity contribution < 1.29 is 58.8 Å². The lowest BCUT2D eigenvalue weighted by Crippen LogP contribution is -2.60. The van der Waals surface area contributed by atoms with Gasteiger partial charge in [0.1, 0.15) is 42.9 Å². The summed E-state index contributed by atoms with van der Waals surface area (Å²) in [5.74, 6) is -2.23. The monoisotopic (exact) mass is 518 g/mol. The number of hydrogen-bond acceptors (Lipinski definition) is 12. The van der Waals surface area contributed by atoms with Gasteiger partial charge in [-0.3, -0.25) is 0 Å². The molecule has 0 aromatic heterocycles. The summed E-state index contributed by atoms with van der Waals surface area (Å²) in [4.78, 5) is 24.5. The van der Waals surface area contributed by atoms with Crippen LogP contribution in [-0.4, -0.2) is 93.8 Å². The molecule has 1 aliphatic carbocycles. The van der Waals surface area contributed by atoms with E-state index in [0.717, 1.165) is 0 Å². The number of carbonyl (C=O) groups excluding carboxylic acids is 2. The van der Waals surface area contributed by atoms with Gasteiger partial charge in [0.25, 0.3) is 0 Å². The number of hydrogen-bond donors (Lipinski definition) is 5.